The van der Waals surface area contributed by atoms with Crippen LogP contribution in [-0.4, -0.2) is 12.8 Å². The molecule has 1 heterocycles. The maximum atomic E-state index is 5.48. The maximum absolute atomic E-state index is 5.48. The summed E-state index contributed by atoms with van der Waals surface area (Å²) < 4.78 is 5.48. The van der Waals surface area contributed by atoms with Gasteiger partial charge in [0.2, 0.25) is 0 Å². The summed E-state index contributed by atoms with van der Waals surface area (Å²) in [5.41, 5.74) is 2.01. The summed E-state index contributed by atoms with van der Waals surface area (Å²) >= 11 is 0. The molecule has 66 valence electrons. The summed E-state index contributed by atoms with van der Waals surface area (Å²) in [5.74, 6) is 0. The Morgan fingerprint density at radius 2 is 2.08 bits per heavy atom. The molecule has 1 atom stereocenters. The minimum absolute atomic E-state index is 0.147. The molecule has 0 spiro atoms. The van der Waals surface area contributed by atoms with Gasteiger partial charge in [0.05, 0.1) is 6.61 Å². The quantitative estimate of drug-likeness (QED) is 0.638. The van der Waals surface area contributed by atoms with E-state index in [1.165, 1.54) is 0 Å². The van der Waals surface area contributed by atoms with E-state index in [-0.39, 0.29) is 6.23 Å². The molecule has 0 fully saturated rings. The van der Waals surface area contributed by atoms with E-state index in [1.807, 2.05) is 30.3 Å². The molecule has 1 aromatic rings. The van der Waals surface area contributed by atoms with Crippen molar-refractivity contribution in [3.05, 3.63) is 48.0 Å². The molecular formula is C11H11NO. The van der Waals surface area contributed by atoms with Crippen LogP contribution in [0.3, 0.4) is 0 Å². The van der Waals surface area contributed by atoms with E-state index in [1.54, 1.807) is 6.21 Å². The normalized spacial score (nSPS) is 21.8. The lowest BCUT2D eigenvalue weighted by Gasteiger charge is -2.18. The molecule has 2 nitrogen and oxygen atoms in total. The van der Waals surface area contributed by atoms with Crippen molar-refractivity contribution in [2.75, 3.05) is 6.61 Å². The van der Waals surface area contributed by atoms with Gasteiger partial charge in [-0.3, -0.25) is 4.99 Å². The van der Waals surface area contributed by atoms with Crippen molar-refractivity contribution in [3.63, 3.8) is 0 Å². The van der Waals surface area contributed by atoms with Crippen molar-refractivity contribution in [2.24, 2.45) is 4.99 Å². The molecule has 1 aromatic carbocycles. The number of rotatable bonds is 1. The molecule has 13 heavy (non-hydrogen) atoms. The molecule has 0 radical (unpaired) electrons. The van der Waals surface area contributed by atoms with Crippen LogP contribution in [0.25, 0.3) is 0 Å². The predicted octanol–water partition coefficient (Wildman–Crippen LogP) is 2.34. The Bertz CT molecular complexity index is 329. The molecule has 2 heteroatoms. The molecule has 0 N–H and O–H groups in total. The van der Waals surface area contributed by atoms with Gasteiger partial charge < -0.3 is 4.74 Å². The van der Waals surface area contributed by atoms with Gasteiger partial charge in [-0.25, -0.2) is 0 Å². The van der Waals surface area contributed by atoms with Gasteiger partial charge >= 0.3 is 0 Å². The molecule has 0 amide bonds. The maximum Gasteiger partial charge on any atom is 0.174 e. The molecule has 1 aliphatic heterocycles. The second-order valence-corrected chi connectivity index (χ2v) is 3.01. The van der Waals surface area contributed by atoms with Crippen molar-refractivity contribution < 1.29 is 4.74 Å². The van der Waals surface area contributed by atoms with Crippen molar-refractivity contribution >= 4 is 6.21 Å². The third-order valence-electron chi connectivity index (χ3n) is 1.90. The third-order valence-corrected chi connectivity index (χ3v) is 1.90. The first kappa shape index (κ1) is 8.20. The highest BCUT2D eigenvalue weighted by Gasteiger charge is 2.12. The van der Waals surface area contributed by atoms with E-state index < -0.39 is 0 Å². The zero-order chi connectivity index (χ0) is 9.10. The predicted molar refractivity (Wildman–Crippen MR) is 52.8 cm³/mol. The Kier molecular flexibility index (Phi) is 2.23. The zero-order valence-electron chi connectivity index (χ0n) is 7.31. The SMILES string of the molecule is C=C1C=NC(c2ccccc2)OC1. The van der Waals surface area contributed by atoms with Gasteiger partial charge in [0.15, 0.2) is 6.23 Å². The fourth-order valence-electron chi connectivity index (χ4n) is 1.24. The van der Waals surface area contributed by atoms with Crippen LogP contribution in [0.4, 0.5) is 0 Å². The average molecular weight is 173 g/mol. The van der Waals surface area contributed by atoms with E-state index in [2.05, 4.69) is 11.6 Å². The van der Waals surface area contributed by atoms with E-state index in [9.17, 15) is 0 Å². The number of nitrogens with zero attached hydrogens (tertiary/aromatic N) is 1. The standard InChI is InChI=1S/C11H11NO/c1-9-7-12-11(13-8-9)10-5-3-2-4-6-10/h2-7,11H,1,8H2. The second-order valence-electron chi connectivity index (χ2n) is 3.01. The first-order valence-electron chi connectivity index (χ1n) is 4.24. The lowest BCUT2D eigenvalue weighted by molar-refractivity contribution is 0.0734. The van der Waals surface area contributed by atoms with Crippen LogP contribution in [0.5, 0.6) is 0 Å². The largest absolute Gasteiger partial charge is 0.348 e. The minimum atomic E-state index is -0.147. The Hall–Kier alpha value is -1.41. The number of aliphatic imine (C=N–C) groups is 1. The van der Waals surface area contributed by atoms with Gasteiger partial charge in [-0.2, -0.15) is 0 Å². The monoisotopic (exact) mass is 173 g/mol. The Balaban J connectivity index is 2.20. The first-order valence-corrected chi connectivity index (χ1v) is 4.24. The highest BCUT2D eigenvalue weighted by Crippen LogP contribution is 2.21. The second kappa shape index (κ2) is 3.54. The van der Waals surface area contributed by atoms with Gasteiger partial charge in [0.1, 0.15) is 0 Å². The van der Waals surface area contributed by atoms with Crippen molar-refractivity contribution in [3.8, 4) is 0 Å². The van der Waals surface area contributed by atoms with Crippen LogP contribution >= 0.6 is 0 Å². The average Bonchev–Trinajstić information content (AvgIpc) is 2.20. The molecule has 1 unspecified atom stereocenters. The van der Waals surface area contributed by atoms with Gasteiger partial charge in [0, 0.05) is 11.8 Å². The molecule has 0 aromatic heterocycles. The zero-order valence-corrected chi connectivity index (χ0v) is 7.31. The first-order chi connectivity index (χ1) is 6.36. The lowest BCUT2D eigenvalue weighted by atomic mass is 10.2. The number of ether oxygens (including phenoxy) is 1. The summed E-state index contributed by atoms with van der Waals surface area (Å²) in [7, 11) is 0. The summed E-state index contributed by atoms with van der Waals surface area (Å²) in [4.78, 5) is 4.23. The Morgan fingerprint density at radius 3 is 2.69 bits per heavy atom. The number of hydrogen-bond donors (Lipinski definition) is 0. The smallest absolute Gasteiger partial charge is 0.174 e. The van der Waals surface area contributed by atoms with Crippen molar-refractivity contribution in [1.82, 2.24) is 0 Å². The van der Waals surface area contributed by atoms with Crippen LogP contribution in [0.2, 0.25) is 0 Å². The van der Waals surface area contributed by atoms with Gasteiger partial charge in [0.25, 0.3) is 0 Å². The molecule has 2 rings (SSSR count). The molecule has 0 aliphatic carbocycles. The summed E-state index contributed by atoms with van der Waals surface area (Å²) in [5, 5.41) is 0. The van der Waals surface area contributed by atoms with Crippen molar-refractivity contribution in [1.29, 1.82) is 0 Å². The fourth-order valence-corrected chi connectivity index (χ4v) is 1.24. The third kappa shape index (κ3) is 1.84. The molecular weight excluding hydrogens is 162 g/mol. The van der Waals surface area contributed by atoms with Crippen LogP contribution in [-0.2, 0) is 4.74 Å². The Labute approximate surface area is 77.6 Å². The fraction of sp³-hybridized carbons (Fsp3) is 0.182. The molecule has 0 bridgehead atoms. The minimum Gasteiger partial charge on any atom is -0.348 e. The molecule has 0 saturated carbocycles. The van der Waals surface area contributed by atoms with Crippen molar-refractivity contribution in [2.45, 2.75) is 6.23 Å². The Morgan fingerprint density at radius 1 is 1.31 bits per heavy atom. The molecule has 1 aliphatic rings. The highest BCUT2D eigenvalue weighted by atomic mass is 16.5. The van der Waals surface area contributed by atoms with Crippen LogP contribution in [0.1, 0.15) is 11.8 Å². The summed E-state index contributed by atoms with van der Waals surface area (Å²) in [6.07, 6.45) is 1.63. The number of hydrogen-bond acceptors (Lipinski definition) is 2. The van der Waals surface area contributed by atoms with E-state index in [4.69, 9.17) is 4.74 Å². The topological polar surface area (TPSA) is 21.6 Å². The van der Waals surface area contributed by atoms with Crippen LogP contribution in [0, 0.1) is 0 Å². The summed E-state index contributed by atoms with van der Waals surface area (Å²) in [6, 6.07) is 9.97. The van der Waals surface area contributed by atoms with E-state index in [0.29, 0.717) is 6.61 Å². The highest BCUT2D eigenvalue weighted by molar-refractivity contribution is 5.78. The molecule has 0 saturated heterocycles. The lowest BCUT2D eigenvalue weighted by Crippen LogP contribution is -2.10. The van der Waals surface area contributed by atoms with Crippen LogP contribution in [0.15, 0.2) is 47.5 Å². The number of benzene rings is 1. The van der Waals surface area contributed by atoms with E-state index >= 15 is 0 Å². The summed E-state index contributed by atoms with van der Waals surface area (Å²) in [6.45, 7) is 4.34. The van der Waals surface area contributed by atoms with Crippen LogP contribution < -0.4 is 0 Å². The van der Waals surface area contributed by atoms with Gasteiger partial charge in [-0.1, -0.05) is 36.9 Å². The van der Waals surface area contributed by atoms with Gasteiger partial charge in [-0.05, 0) is 5.57 Å². The van der Waals surface area contributed by atoms with E-state index in [0.717, 1.165) is 11.1 Å². The van der Waals surface area contributed by atoms with Gasteiger partial charge in [-0.15, -0.1) is 0 Å².